The second-order valence-corrected chi connectivity index (χ2v) is 7.03. The number of anilines is 1. The molecule has 0 aromatic heterocycles. The SMILES string of the molecule is CC(=O)SCc1ccccc1CCC(=O)Nc1cccc(C(=O)O)c1C. The summed E-state index contributed by atoms with van der Waals surface area (Å²) in [5, 5.41) is 12.0. The topological polar surface area (TPSA) is 83.5 Å². The van der Waals surface area contributed by atoms with E-state index in [1.54, 1.807) is 19.1 Å². The van der Waals surface area contributed by atoms with E-state index in [1.165, 1.54) is 24.8 Å². The maximum Gasteiger partial charge on any atom is 0.336 e. The van der Waals surface area contributed by atoms with E-state index < -0.39 is 5.97 Å². The molecule has 0 aliphatic carbocycles. The lowest BCUT2D eigenvalue weighted by Gasteiger charge is -2.11. The van der Waals surface area contributed by atoms with Crippen LogP contribution in [0.3, 0.4) is 0 Å². The van der Waals surface area contributed by atoms with Crippen molar-refractivity contribution in [3.05, 3.63) is 64.7 Å². The molecule has 0 unspecified atom stereocenters. The molecule has 0 heterocycles. The predicted molar refractivity (Wildman–Crippen MR) is 104 cm³/mol. The van der Waals surface area contributed by atoms with Crippen LogP contribution in [0.4, 0.5) is 5.69 Å². The van der Waals surface area contributed by atoms with Crippen molar-refractivity contribution in [1.82, 2.24) is 0 Å². The number of carboxylic acid groups (broad SMARTS) is 1. The van der Waals surface area contributed by atoms with Gasteiger partial charge in [0.15, 0.2) is 5.12 Å². The summed E-state index contributed by atoms with van der Waals surface area (Å²) in [5.41, 5.74) is 3.30. The average Bonchev–Trinajstić information content (AvgIpc) is 2.60. The largest absolute Gasteiger partial charge is 0.478 e. The van der Waals surface area contributed by atoms with E-state index in [4.69, 9.17) is 5.11 Å². The lowest BCUT2D eigenvalue weighted by atomic mass is 10.0. The van der Waals surface area contributed by atoms with Gasteiger partial charge in [-0.15, -0.1) is 0 Å². The zero-order valence-electron chi connectivity index (χ0n) is 14.7. The number of rotatable bonds is 7. The average molecular weight is 371 g/mol. The molecule has 0 fully saturated rings. The molecule has 0 saturated carbocycles. The van der Waals surface area contributed by atoms with Crippen LogP contribution in [-0.4, -0.2) is 22.1 Å². The number of hydrogen-bond acceptors (Lipinski definition) is 4. The molecule has 0 spiro atoms. The molecule has 136 valence electrons. The Morgan fingerprint density at radius 3 is 2.38 bits per heavy atom. The number of nitrogens with one attached hydrogen (secondary N) is 1. The third-order valence-corrected chi connectivity index (χ3v) is 4.87. The van der Waals surface area contributed by atoms with Gasteiger partial charge in [0.05, 0.1) is 5.56 Å². The van der Waals surface area contributed by atoms with Gasteiger partial charge >= 0.3 is 5.97 Å². The number of aryl methyl sites for hydroxylation is 1. The van der Waals surface area contributed by atoms with Gasteiger partial charge in [0, 0.05) is 24.8 Å². The number of carbonyl (C=O) groups excluding carboxylic acids is 2. The molecule has 0 saturated heterocycles. The molecule has 2 rings (SSSR count). The van der Waals surface area contributed by atoms with Crippen molar-refractivity contribution in [3.8, 4) is 0 Å². The third kappa shape index (κ3) is 5.46. The zero-order valence-corrected chi connectivity index (χ0v) is 15.6. The van der Waals surface area contributed by atoms with Crippen LogP contribution in [0.25, 0.3) is 0 Å². The monoisotopic (exact) mass is 371 g/mol. The zero-order chi connectivity index (χ0) is 19.1. The molecule has 0 radical (unpaired) electrons. The van der Waals surface area contributed by atoms with E-state index in [0.717, 1.165) is 11.1 Å². The first-order valence-electron chi connectivity index (χ1n) is 8.21. The van der Waals surface area contributed by atoms with Crippen LogP contribution in [0.5, 0.6) is 0 Å². The second-order valence-electron chi connectivity index (χ2n) is 5.88. The fraction of sp³-hybridized carbons (Fsp3) is 0.250. The number of carboxylic acids is 1. The summed E-state index contributed by atoms with van der Waals surface area (Å²) in [6.45, 7) is 3.21. The van der Waals surface area contributed by atoms with Gasteiger partial charge < -0.3 is 10.4 Å². The van der Waals surface area contributed by atoms with Gasteiger partial charge in [-0.05, 0) is 42.2 Å². The van der Waals surface area contributed by atoms with Crippen molar-refractivity contribution in [2.45, 2.75) is 32.4 Å². The molecule has 26 heavy (non-hydrogen) atoms. The van der Waals surface area contributed by atoms with Crippen molar-refractivity contribution >= 4 is 34.4 Å². The summed E-state index contributed by atoms with van der Waals surface area (Å²) in [6, 6.07) is 12.6. The van der Waals surface area contributed by atoms with Gasteiger partial charge in [-0.25, -0.2) is 4.79 Å². The van der Waals surface area contributed by atoms with Crippen LogP contribution in [0.15, 0.2) is 42.5 Å². The Morgan fingerprint density at radius 2 is 1.73 bits per heavy atom. The highest BCUT2D eigenvalue weighted by molar-refractivity contribution is 8.12. The molecule has 0 aliphatic heterocycles. The maximum absolute atomic E-state index is 12.3. The summed E-state index contributed by atoms with van der Waals surface area (Å²) >= 11 is 1.25. The highest BCUT2D eigenvalue weighted by atomic mass is 32.2. The van der Waals surface area contributed by atoms with Crippen LogP contribution in [-0.2, 0) is 21.8 Å². The smallest absolute Gasteiger partial charge is 0.336 e. The summed E-state index contributed by atoms with van der Waals surface area (Å²) in [4.78, 5) is 34.6. The van der Waals surface area contributed by atoms with E-state index in [-0.39, 0.29) is 23.0 Å². The lowest BCUT2D eigenvalue weighted by Crippen LogP contribution is -2.14. The van der Waals surface area contributed by atoms with Gasteiger partial charge in [-0.1, -0.05) is 42.1 Å². The van der Waals surface area contributed by atoms with Crippen molar-refractivity contribution in [2.75, 3.05) is 5.32 Å². The Hall–Kier alpha value is -2.60. The standard InChI is InChI=1S/C20H21NO4S/c1-13-17(20(24)25)8-5-9-18(13)21-19(23)11-10-15-6-3-4-7-16(15)12-26-14(2)22/h3-9H,10-12H2,1-2H3,(H,21,23)(H,24,25). The molecule has 2 N–H and O–H groups in total. The molecule has 0 atom stereocenters. The third-order valence-electron chi connectivity index (χ3n) is 4.01. The minimum atomic E-state index is -1.02. The molecular weight excluding hydrogens is 350 g/mol. The Kier molecular flexibility index (Phi) is 6.97. The van der Waals surface area contributed by atoms with Crippen molar-refractivity contribution in [1.29, 1.82) is 0 Å². The van der Waals surface area contributed by atoms with Gasteiger partial charge in [-0.3, -0.25) is 9.59 Å². The molecular formula is C20H21NO4S. The highest BCUT2D eigenvalue weighted by Crippen LogP contribution is 2.21. The Morgan fingerprint density at radius 1 is 1.04 bits per heavy atom. The van der Waals surface area contributed by atoms with Crippen molar-refractivity contribution in [2.24, 2.45) is 0 Å². The van der Waals surface area contributed by atoms with Gasteiger partial charge in [-0.2, -0.15) is 0 Å². The first-order valence-corrected chi connectivity index (χ1v) is 9.20. The molecule has 2 aromatic carbocycles. The van der Waals surface area contributed by atoms with E-state index in [2.05, 4.69) is 5.32 Å². The number of carbonyl (C=O) groups is 3. The van der Waals surface area contributed by atoms with Crippen LogP contribution < -0.4 is 5.32 Å². The molecule has 2 aromatic rings. The summed E-state index contributed by atoms with van der Waals surface area (Å²) in [6.07, 6.45) is 0.830. The first-order chi connectivity index (χ1) is 12.4. The van der Waals surface area contributed by atoms with E-state index in [0.29, 0.717) is 23.4 Å². The van der Waals surface area contributed by atoms with Crippen LogP contribution in [0, 0.1) is 6.92 Å². The second kappa shape index (κ2) is 9.20. The first kappa shape index (κ1) is 19.7. The number of thioether (sulfide) groups is 1. The Labute approximate surface area is 156 Å². The number of aromatic carboxylic acids is 1. The van der Waals surface area contributed by atoms with Crippen molar-refractivity contribution in [3.63, 3.8) is 0 Å². The van der Waals surface area contributed by atoms with E-state index >= 15 is 0 Å². The van der Waals surface area contributed by atoms with Gasteiger partial charge in [0.25, 0.3) is 0 Å². The normalized spacial score (nSPS) is 10.4. The molecule has 5 nitrogen and oxygen atoms in total. The molecule has 0 bridgehead atoms. The summed E-state index contributed by atoms with van der Waals surface area (Å²) in [7, 11) is 0. The van der Waals surface area contributed by atoms with Gasteiger partial charge in [0.2, 0.25) is 5.91 Å². The highest BCUT2D eigenvalue weighted by Gasteiger charge is 2.12. The van der Waals surface area contributed by atoms with Crippen LogP contribution >= 0.6 is 11.8 Å². The predicted octanol–water partition coefficient (Wildman–Crippen LogP) is 4.04. The molecule has 1 amide bonds. The summed E-state index contributed by atoms with van der Waals surface area (Å²) < 4.78 is 0. The Bertz CT molecular complexity index is 832. The van der Waals surface area contributed by atoms with Crippen LogP contribution in [0.1, 0.15) is 40.4 Å². The number of benzene rings is 2. The van der Waals surface area contributed by atoms with Crippen molar-refractivity contribution < 1.29 is 19.5 Å². The minimum absolute atomic E-state index is 0.0614. The molecule has 0 aliphatic rings. The van der Waals surface area contributed by atoms with Gasteiger partial charge in [0.1, 0.15) is 0 Å². The Balaban J connectivity index is 2.01. The summed E-state index contributed by atoms with van der Waals surface area (Å²) in [5.74, 6) is -0.604. The fourth-order valence-corrected chi connectivity index (χ4v) is 3.23. The quantitative estimate of drug-likeness (QED) is 0.767. The minimum Gasteiger partial charge on any atom is -0.478 e. The lowest BCUT2D eigenvalue weighted by molar-refractivity contribution is -0.116. The molecule has 6 heteroatoms. The fourth-order valence-electron chi connectivity index (χ4n) is 2.59. The number of amides is 1. The van der Waals surface area contributed by atoms with Crippen LogP contribution in [0.2, 0.25) is 0 Å². The van der Waals surface area contributed by atoms with E-state index in [9.17, 15) is 14.4 Å². The number of hydrogen-bond donors (Lipinski definition) is 2. The van der Waals surface area contributed by atoms with E-state index in [1.807, 2.05) is 24.3 Å². The maximum atomic E-state index is 12.3.